The first-order valence-corrected chi connectivity index (χ1v) is 3.76. The molecule has 10 heavy (non-hydrogen) atoms. The third-order valence-corrected chi connectivity index (χ3v) is 2.13. The van der Waals surface area contributed by atoms with Crippen LogP contribution in [0.25, 0.3) is 0 Å². The Morgan fingerprint density at radius 3 is 2.70 bits per heavy atom. The molecule has 1 heterocycles. The minimum Gasteiger partial charge on any atom is -0.386 e. The van der Waals surface area contributed by atoms with Gasteiger partial charge in [0.15, 0.2) is 0 Å². The van der Waals surface area contributed by atoms with E-state index < -0.39 is 0 Å². The number of likely N-dealkylation sites (N-methyl/N-ethyl adjacent to an activating group) is 1. The molecule has 0 aromatic rings. The summed E-state index contributed by atoms with van der Waals surface area (Å²) in [6.45, 7) is 1.09. The summed E-state index contributed by atoms with van der Waals surface area (Å²) in [5, 5.41) is 7.26. The van der Waals surface area contributed by atoms with E-state index >= 15 is 0 Å². The van der Waals surface area contributed by atoms with Crippen LogP contribution in [0.5, 0.6) is 0 Å². The summed E-state index contributed by atoms with van der Waals surface area (Å²) in [4.78, 5) is 2.16. The molecular weight excluding hydrogens is 126 g/mol. The Labute approximate surface area is 61.7 Å². The lowest BCUT2D eigenvalue weighted by Crippen LogP contribution is -2.44. The molecule has 1 saturated heterocycles. The number of hydrogen-bond acceptors (Lipinski definition) is 2. The second-order valence-electron chi connectivity index (χ2n) is 2.95. The molecule has 3 N–H and O–H groups in total. The van der Waals surface area contributed by atoms with Gasteiger partial charge in [-0.2, -0.15) is 0 Å². The van der Waals surface area contributed by atoms with E-state index in [0.717, 1.165) is 13.0 Å². The number of hydrogen-bond donors (Lipinski definition) is 2. The van der Waals surface area contributed by atoms with E-state index in [9.17, 15) is 0 Å². The van der Waals surface area contributed by atoms with Crippen molar-refractivity contribution in [3.05, 3.63) is 0 Å². The molecule has 58 valence electrons. The molecule has 0 amide bonds. The van der Waals surface area contributed by atoms with Crippen molar-refractivity contribution < 1.29 is 0 Å². The lowest BCUT2D eigenvalue weighted by Gasteiger charge is -2.31. The zero-order valence-corrected chi connectivity index (χ0v) is 6.43. The fraction of sp³-hybridized carbons (Fsp3) is 0.857. The largest absolute Gasteiger partial charge is 0.386 e. The van der Waals surface area contributed by atoms with Crippen LogP contribution in [0.3, 0.4) is 0 Å². The van der Waals surface area contributed by atoms with Crippen molar-refractivity contribution in [3.63, 3.8) is 0 Å². The van der Waals surface area contributed by atoms with Gasteiger partial charge in [0.2, 0.25) is 0 Å². The Morgan fingerprint density at radius 1 is 1.60 bits per heavy atom. The van der Waals surface area contributed by atoms with E-state index in [0.29, 0.717) is 5.84 Å². The lowest BCUT2D eigenvalue weighted by atomic mass is 10.0. The van der Waals surface area contributed by atoms with E-state index in [-0.39, 0.29) is 6.04 Å². The highest BCUT2D eigenvalue weighted by Gasteiger charge is 2.20. The van der Waals surface area contributed by atoms with Gasteiger partial charge < -0.3 is 5.73 Å². The maximum atomic E-state index is 7.26. The Bertz CT molecular complexity index is 133. The molecule has 0 spiro atoms. The summed E-state index contributed by atoms with van der Waals surface area (Å²) < 4.78 is 0. The molecule has 1 rings (SSSR count). The molecule has 3 heteroatoms. The van der Waals surface area contributed by atoms with Crippen molar-refractivity contribution in [2.24, 2.45) is 5.73 Å². The van der Waals surface area contributed by atoms with Crippen LogP contribution in [-0.2, 0) is 0 Å². The highest BCUT2D eigenvalue weighted by molar-refractivity contribution is 5.82. The third kappa shape index (κ3) is 1.48. The van der Waals surface area contributed by atoms with E-state index in [4.69, 9.17) is 11.1 Å². The van der Waals surface area contributed by atoms with Crippen molar-refractivity contribution in [1.29, 1.82) is 5.41 Å². The minimum absolute atomic E-state index is 0.216. The van der Waals surface area contributed by atoms with Crippen LogP contribution >= 0.6 is 0 Å². The van der Waals surface area contributed by atoms with Crippen LogP contribution in [0.4, 0.5) is 0 Å². The Kier molecular flexibility index (Phi) is 2.27. The number of nitrogens with zero attached hydrogens (tertiary/aromatic N) is 1. The zero-order chi connectivity index (χ0) is 7.56. The van der Waals surface area contributed by atoms with Crippen molar-refractivity contribution in [3.8, 4) is 0 Å². The van der Waals surface area contributed by atoms with Crippen LogP contribution in [0.15, 0.2) is 0 Å². The van der Waals surface area contributed by atoms with Crippen LogP contribution in [0.1, 0.15) is 19.3 Å². The lowest BCUT2D eigenvalue weighted by molar-refractivity contribution is 0.234. The Morgan fingerprint density at radius 2 is 2.30 bits per heavy atom. The first kappa shape index (κ1) is 7.54. The Balaban J connectivity index is 2.47. The molecular formula is C7H15N3. The second kappa shape index (κ2) is 3.01. The van der Waals surface area contributed by atoms with Crippen LogP contribution < -0.4 is 5.73 Å². The minimum atomic E-state index is 0.216. The molecule has 0 aromatic carbocycles. The van der Waals surface area contributed by atoms with Gasteiger partial charge in [0, 0.05) is 0 Å². The summed E-state index contributed by atoms with van der Waals surface area (Å²) in [5.74, 6) is 0.321. The van der Waals surface area contributed by atoms with Gasteiger partial charge in [0.25, 0.3) is 0 Å². The van der Waals surface area contributed by atoms with Gasteiger partial charge in [-0.05, 0) is 26.4 Å². The first-order valence-electron chi connectivity index (χ1n) is 3.76. The predicted octanol–water partition coefficient (Wildman–Crippen LogP) is 0.407. The zero-order valence-electron chi connectivity index (χ0n) is 6.43. The summed E-state index contributed by atoms with van der Waals surface area (Å²) in [7, 11) is 2.03. The number of amidine groups is 1. The quantitative estimate of drug-likeness (QED) is 0.410. The van der Waals surface area contributed by atoms with E-state index in [1.54, 1.807) is 0 Å². The van der Waals surface area contributed by atoms with E-state index in [2.05, 4.69) is 4.90 Å². The average Bonchev–Trinajstić information content (AvgIpc) is 1.88. The average molecular weight is 141 g/mol. The molecule has 0 aliphatic carbocycles. The van der Waals surface area contributed by atoms with Crippen molar-refractivity contribution in [1.82, 2.24) is 4.90 Å². The number of nitrogens with one attached hydrogen (secondary N) is 1. The fourth-order valence-corrected chi connectivity index (χ4v) is 1.47. The molecule has 0 unspecified atom stereocenters. The first-order chi connectivity index (χ1) is 4.72. The van der Waals surface area contributed by atoms with Crippen molar-refractivity contribution in [2.45, 2.75) is 25.3 Å². The summed E-state index contributed by atoms with van der Waals surface area (Å²) in [6, 6.07) is 0.216. The van der Waals surface area contributed by atoms with Crippen LogP contribution in [0, 0.1) is 5.41 Å². The van der Waals surface area contributed by atoms with Gasteiger partial charge in [-0.15, -0.1) is 0 Å². The Hall–Kier alpha value is -0.570. The predicted molar refractivity (Wildman–Crippen MR) is 42.2 cm³/mol. The molecule has 1 aliphatic rings. The maximum absolute atomic E-state index is 7.26. The van der Waals surface area contributed by atoms with Gasteiger partial charge in [-0.3, -0.25) is 10.3 Å². The van der Waals surface area contributed by atoms with Gasteiger partial charge in [-0.1, -0.05) is 6.42 Å². The van der Waals surface area contributed by atoms with Crippen molar-refractivity contribution >= 4 is 5.84 Å². The van der Waals surface area contributed by atoms with E-state index in [1.807, 2.05) is 7.05 Å². The standard InChI is InChI=1S/C7H15N3/c1-10-5-3-2-4-6(10)7(8)9/h6H,2-5H2,1H3,(H3,8,9)/t6-/m1/s1. The summed E-state index contributed by atoms with van der Waals surface area (Å²) in [6.07, 6.45) is 3.53. The van der Waals surface area contributed by atoms with Gasteiger partial charge in [0.1, 0.15) is 5.84 Å². The molecule has 0 bridgehead atoms. The monoisotopic (exact) mass is 141 g/mol. The van der Waals surface area contributed by atoms with Gasteiger partial charge in [0.05, 0.1) is 6.04 Å². The second-order valence-corrected chi connectivity index (χ2v) is 2.95. The third-order valence-electron chi connectivity index (χ3n) is 2.13. The number of nitrogens with two attached hydrogens (primary N) is 1. The van der Waals surface area contributed by atoms with Crippen molar-refractivity contribution in [2.75, 3.05) is 13.6 Å². The van der Waals surface area contributed by atoms with Crippen LogP contribution in [0.2, 0.25) is 0 Å². The molecule has 0 saturated carbocycles. The van der Waals surface area contributed by atoms with Gasteiger partial charge in [-0.25, -0.2) is 0 Å². The molecule has 1 atom stereocenters. The van der Waals surface area contributed by atoms with E-state index in [1.165, 1.54) is 12.8 Å². The highest BCUT2D eigenvalue weighted by Crippen LogP contribution is 2.13. The number of piperidine rings is 1. The summed E-state index contributed by atoms with van der Waals surface area (Å²) in [5.41, 5.74) is 5.40. The SMILES string of the molecule is CN1CCCC[C@@H]1C(=N)N. The van der Waals surface area contributed by atoms with Gasteiger partial charge >= 0.3 is 0 Å². The van der Waals surface area contributed by atoms with Crippen LogP contribution in [-0.4, -0.2) is 30.4 Å². The molecule has 1 aliphatic heterocycles. The normalized spacial score (nSPS) is 28.3. The maximum Gasteiger partial charge on any atom is 0.108 e. The molecule has 0 radical (unpaired) electrons. The summed E-state index contributed by atoms with van der Waals surface area (Å²) >= 11 is 0. The highest BCUT2D eigenvalue weighted by atomic mass is 15.2. The molecule has 3 nitrogen and oxygen atoms in total. The molecule has 1 fully saturated rings. The number of likely N-dealkylation sites (tertiary alicyclic amines) is 1. The number of rotatable bonds is 1. The fourth-order valence-electron chi connectivity index (χ4n) is 1.47. The topological polar surface area (TPSA) is 53.1 Å². The molecule has 0 aromatic heterocycles. The smallest absolute Gasteiger partial charge is 0.108 e.